The van der Waals surface area contributed by atoms with E-state index in [4.69, 9.17) is 9.47 Å². The second-order valence-electron chi connectivity index (χ2n) is 16.0. The maximum atomic E-state index is 14.8. The summed E-state index contributed by atoms with van der Waals surface area (Å²) >= 11 is 0. The minimum absolute atomic E-state index is 0.0441. The summed E-state index contributed by atoms with van der Waals surface area (Å²) in [6.45, 7) is 11.8. The number of aliphatic hydroxyl groups is 1. The van der Waals surface area contributed by atoms with E-state index >= 15 is 0 Å². The minimum Gasteiger partial charge on any atom is -0.393 e. The van der Waals surface area contributed by atoms with Crippen molar-refractivity contribution in [2.24, 2.45) is 40.4 Å². The van der Waals surface area contributed by atoms with E-state index in [2.05, 4.69) is 46.8 Å². The highest BCUT2D eigenvalue weighted by Crippen LogP contribution is 2.74. The van der Waals surface area contributed by atoms with Crippen molar-refractivity contribution in [3.8, 4) is 0 Å². The SMILES string of the molecule is COCOC1CC[C@]2(C)[C@H]3CC[C@]4(C)[C@@H]([C@H](C)C(O)CCC(C)C)CC[C@H]4C34C=CC2(C1)n1c(=O)c2ccccc2c(=O)n14. The number of benzene rings is 1. The van der Waals surface area contributed by atoms with Gasteiger partial charge in [0.25, 0.3) is 11.1 Å². The van der Waals surface area contributed by atoms with Crippen LogP contribution < -0.4 is 11.1 Å². The lowest BCUT2D eigenvalue weighted by Crippen LogP contribution is -2.78. The Morgan fingerprint density at radius 2 is 1.61 bits per heavy atom. The molecule has 1 aromatic heterocycles. The summed E-state index contributed by atoms with van der Waals surface area (Å²) in [6, 6.07) is 7.40. The Balaban J connectivity index is 1.42. The molecule has 0 radical (unpaired) electrons. The fraction of sp³-hybridized carbons (Fsp3) is 0.730. The van der Waals surface area contributed by atoms with Gasteiger partial charge >= 0.3 is 0 Å². The molecule has 240 valence electrons. The molecule has 3 saturated carbocycles. The standard InChI is InChI=1S/C37H52N2O5/c1-23(2)11-13-29(40)24(3)28-12-14-30-34(28,4)17-16-31-35(5)18-15-25(44-22-43-6)21-36(35)19-20-37(30,31)39-33(42)27-10-8-7-9-26(27)32(41)38(36)39/h7-10,19-20,23-25,28-31,40H,11-18,21-22H2,1-6H3/t24-,25?,28+,29?,30+,31+,34+,35+,36?,37?/m0/s1. The van der Waals surface area contributed by atoms with Gasteiger partial charge in [0.2, 0.25) is 0 Å². The van der Waals surface area contributed by atoms with Gasteiger partial charge in [-0.1, -0.05) is 58.9 Å². The summed E-state index contributed by atoms with van der Waals surface area (Å²) in [7, 11) is 1.64. The maximum Gasteiger partial charge on any atom is 0.274 e. The van der Waals surface area contributed by atoms with E-state index in [-0.39, 0.29) is 58.7 Å². The van der Waals surface area contributed by atoms with Crippen molar-refractivity contribution in [2.45, 2.75) is 116 Å². The number of aromatic nitrogens is 2. The molecule has 7 nitrogen and oxygen atoms in total. The number of hydrogen-bond donors (Lipinski definition) is 1. The van der Waals surface area contributed by atoms with Gasteiger partial charge < -0.3 is 14.6 Å². The molecular weight excluding hydrogens is 552 g/mol. The summed E-state index contributed by atoms with van der Waals surface area (Å²) in [5.41, 5.74) is -1.59. The number of nitrogens with zero attached hydrogens (tertiary/aromatic N) is 2. The van der Waals surface area contributed by atoms with Gasteiger partial charge in [-0.3, -0.25) is 9.59 Å². The molecule has 0 amide bonds. The zero-order valence-corrected chi connectivity index (χ0v) is 27.6. The van der Waals surface area contributed by atoms with Crippen LogP contribution in [-0.4, -0.2) is 40.6 Å². The van der Waals surface area contributed by atoms with Gasteiger partial charge in [0.1, 0.15) is 6.79 Å². The Morgan fingerprint density at radius 1 is 0.909 bits per heavy atom. The summed E-state index contributed by atoms with van der Waals surface area (Å²) in [4.78, 5) is 29.6. The van der Waals surface area contributed by atoms with Crippen molar-refractivity contribution >= 4 is 10.8 Å². The average Bonchev–Trinajstić information content (AvgIpc) is 3.37. The molecular formula is C37H52N2O5. The van der Waals surface area contributed by atoms with Gasteiger partial charge in [0, 0.05) is 18.9 Å². The first kappa shape index (κ1) is 30.4. The molecule has 6 aliphatic rings. The van der Waals surface area contributed by atoms with Crippen LogP contribution in [-0.2, 0) is 20.6 Å². The zero-order valence-electron chi connectivity index (χ0n) is 27.6. The predicted molar refractivity (Wildman–Crippen MR) is 173 cm³/mol. The lowest BCUT2D eigenvalue weighted by Gasteiger charge is -2.72. The lowest BCUT2D eigenvalue weighted by atomic mass is 9.40. The van der Waals surface area contributed by atoms with Crippen LogP contribution in [0.2, 0.25) is 0 Å². The summed E-state index contributed by atoms with van der Waals surface area (Å²) in [5, 5.41) is 12.4. The van der Waals surface area contributed by atoms with Gasteiger partial charge in [-0.25, -0.2) is 9.36 Å². The highest BCUT2D eigenvalue weighted by atomic mass is 16.7. The largest absolute Gasteiger partial charge is 0.393 e. The van der Waals surface area contributed by atoms with Crippen molar-refractivity contribution in [3.05, 3.63) is 57.1 Å². The van der Waals surface area contributed by atoms with E-state index in [1.54, 1.807) is 7.11 Å². The maximum absolute atomic E-state index is 14.8. The van der Waals surface area contributed by atoms with Crippen LogP contribution in [0.25, 0.3) is 10.8 Å². The monoisotopic (exact) mass is 604 g/mol. The molecule has 4 aliphatic carbocycles. The molecule has 2 spiro atoms. The Labute approximate surface area is 261 Å². The van der Waals surface area contributed by atoms with Crippen LogP contribution in [0.5, 0.6) is 0 Å². The third-order valence-corrected chi connectivity index (χ3v) is 13.8. The van der Waals surface area contributed by atoms with E-state index < -0.39 is 11.1 Å². The fourth-order valence-electron chi connectivity index (χ4n) is 11.7. The van der Waals surface area contributed by atoms with Crippen LogP contribution >= 0.6 is 0 Å². The zero-order chi connectivity index (χ0) is 31.2. The predicted octanol–water partition coefficient (Wildman–Crippen LogP) is 6.19. The summed E-state index contributed by atoms with van der Waals surface area (Å²) in [6.07, 6.45) is 12.8. The van der Waals surface area contributed by atoms with E-state index in [1.807, 2.05) is 33.6 Å². The van der Waals surface area contributed by atoms with Crippen LogP contribution in [0.1, 0.15) is 92.4 Å². The second-order valence-corrected chi connectivity index (χ2v) is 16.0. The first-order valence-corrected chi connectivity index (χ1v) is 17.2. The van der Waals surface area contributed by atoms with Crippen LogP contribution in [0.4, 0.5) is 0 Å². The number of ether oxygens (including phenoxy) is 2. The molecule has 8 rings (SSSR count). The average molecular weight is 605 g/mol. The van der Waals surface area contributed by atoms with E-state index in [1.165, 1.54) is 0 Å². The Hall–Kier alpha value is -2.22. The van der Waals surface area contributed by atoms with Crippen molar-refractivity contribution in [3.63, 3.8) is 0 Å². The molecule has 3 heterocycles. The topological polar surface area (TPSA) is 82.7 Å². The minimum atomic E-state index is -0.650. The number of methoxy groups -OCH3 is 1. The number of aliphatic hydroxyl groups excluding tert-OH is 1. The van der Waals surface area contributed by atoms with Crippen LogP contribution in [0, 0.1) is 40.4 Å². The van der Waals surface area contributed by atoms with Gasteiger partial charge in [-0.15, -0.1) is 0 Å². The van der Waals surface area contributed by atoms with Crippen LogP contribution in [0.15, 0.2) is 46.0 Å². The number of hydrogen-bond acceptors (Lipinski definition) is 5. The first-order chi connectivity index (χ1) is 21.0. The molecule has 0 saturated heterocycles. The molecule has 44 heavy (non-hydrogen) atoms. The third-order valence-electron chi connectivity index (χ3n) is 13.8. The van der Waals surface area contributed by atoms with Crippen molar-refractivity contribution < 1.29 is 14.6 Å². The van der Waals surface area contributed by atoms with Crippen LogP contribution in [0.3, 0.4) is 0 Å². The van der Waals surface area contributed by atoms with Gasteiger partial charge in [0.15, 0.2) is 0 Å². The van der Waals surface area contributed by atoms with Crippen molar-refractivity contribution in [1.29, 1.82) is 0 Å². The van der Waals surface area contributed by atoms with Crippen molar-refractivity contribution in [1.82, 2.24) is 9.36 Å². The summed E-state index contributed by atoms with van der Waals surface area (Å²) < 4.78 is 15.4. The highest BCUT2D eigenvalue weighted by Gasteiger charge is 2.74. The number of fused-ring (bicyclic) bond motifs is 2. The second kappa shape index (κ2) is 10.4. The molecule has 2 bridgehead atoms. The lowest BCUT2D eigenvalue weighted by molar-refractivity contribution is -0.212. The highest BCUT2D eigenvalue weighted by molar-refractivity contribution is 5.80. The summed E-state index contributed by atoms with van der Waals surface area (Å²) in [5.74, 6) is 1.57. The van der Waals surface area contributed by atoms with E-state index in [0.29, 0.717) is 29.0 Å². The van der Waals surface area contributed by atoms with E-state index in [9.17, 15) is 14.7 Å². The first-order valence-electron chi connectivity index (χ1n) is 17.2. The molecule has 10 atom stereocenters. The van der Waals surface area contributed by atoms with Gasteiger partial charge in [0.05, 0.1) is 34.1 Å². The van der Waals surface area contributed by atoms with Gasteiger partial charge in [-0.05, 0) is 98.5 Å². The smallest absolute Gasteiger partial charge is 0.274 e. The molecule has 1 aromatic carbocycles. The number of allylic oxidation sites excluding steroid dienone is 2. The number of rotatable bonds is 8. The Morgan fingerprint density at radius 3 is 2.30 bits per heavy atom. The van der Waals surface area contributed by atoms with E-state index in [0.717, 1.165) is 51.4 Å². The third kappa shape index (κ3) is 3.78. The molecule has 3 fully saturated rings. The van der Waals surface area contributed by atoms with Crippen molar-refractivity contribution in [2.75, 3.05) is 13.9 Å². The van der Waals surface area contributed by atoms with Gasteiger partial charge in [-0.2, -0.15) is 0 Å². The molecule has 2 aromatic rings. The molecule has 1 N–H and O–H groups in total. The fourth-order valence-corrected chi connectivity index (χ4v) is 11.7. The molecule has 2 aliphatic heterocycles. The Bertz CT molecular complexity index is 1590. The molecule has 7 heteroatoms. The Kier molecular flexibility index (Phi) is 7.19. The normalized spacial score (nSPS) is 40.0. The molecule has 4 unspecified atom stereocenters. The quantitative estimate of drug-likeness (QED) is 0.287.